The van der Waals surface area contributed by atoms with Crippen LogP contribution in [0.25, 0.3) is 0 Å². The Morgan fingerprint density at radius 1 is 1.44 bits per heavy atom. The first-order valence-corrected chi connectivity index (χ1v) is 7.20. The van der Waals surface area contributed by atoms with Crippen molar-refractivity contribution in [3.8, 4) is 0 Å². The summed E-state index contributed by atoms with van der Waals surface area (Å²) in [6.07, 6.45) is 7.05. The normalized spacial score (nSPS) is 19.8. The fourth-order valence-electron chi connectivity index (χ4n) is 2.55. The van der Waals surface area contributed by atoms with Gasteiger partial charge in [-0.2, -0.15) is 0 Å². The Kier molecular flexibility index (Phi) is 4.24. The van der Waals surface area contributed by atoms with Gasteiger partial charge in [0.15, 0.2) is 0 Å². The highest BCUT2D eigenvalue weighted by molar-refractivity contribution is 7.10. The van der Waals surface area contributed by atoms with Crippen LogP contribution < -0.4 is 11.1 Å². The molecule has 1 saturated carbocycles. The van der Waals surface area contributed by atoms with Crippen LogP contribution >= 0.6 is 11.3 Å². The van der Waals surface area contributed by atoms with Crippen molar-refractivity contribution >= 4 is 17.0 Å². The summed E-state index contributed by atoms with van der Waals surface area (Å²) in [5, 5.41) is 5.69. The number of hydrogen-bond acceptors (Lipinski definition) is 3. The predicted octanol–water partition coefficient (Wildman–Crippen LogP) is 3.39. The molecule has 0 saturated heterocycles. The molecular formula is C13H22N2S. The fourth-order valence-corrected chi connectivity index (χ4v) is 3.30. The number of thiophene rings is 1. The molecule has 1 aromatic heterocycles. The van der Waals surface area contributed by atoms with Gasteiger partial charge in [0.1, 0.15) is 0 Å². The monoisotopic (exact) mass is 238 g/mol. The third-order valence-electron chi connectivity index (χ3n) is 3.72. The van der Waals surface area contributed by atoms with Crippen LogP contribution in [0.4, 0.5) is 5.69 Å². The molecule has 16 heavy (non-hydrogen) atoms. The summed E-state index contributed by atoms with van der Waals surface area (Å²) in [6.45, 7) is 3.25. The number of hydrogen-bond donors (Lipinski definition) is 2. The zero-order chi connectivity index (χ0) is 11.4. The van der Waals surface area contributed by atoms with Crippen molar-refractivity contribution in [1.82, 2.24) is 5.32 Å². The van der Waals surface area contributed by atoms with Crippen LogP contribution in [0.1, 0.15) is 43.9 Å². The van der Waals surface area contributed by atoms with Gasteiger partial charge >= 0.3 is 0 Å². The van der Waals surface area contributed by atoms with Crippen molar-refractivity contribution in [3.05, 3.63) is 16.3 Å². The van der Waals surface area contributed by atoms with Crippen molar-refractivity contribution in [3.63, 3.8) is 0 Å². The lowest BCUT2D eigenvalue weighted by Crippen LogP contribution is -2.34. The molecule has 0 bridgehead atoms. The summed E-state index contributed by atoms with van der Waals surface area (Å²) in [7, 11) is 0. The molecule has 0 aromatic carbocycles. The van der Waals surface area contributed by atoms with E-state index < -0.39 is 0 Å². The maximum absolute atomic E-state index is 5.88. The third-order valence-corrected chi connectivity index (χ3v) is 4.66. The summed E-state index contributed by atoms with van der Waals surface area (Å²) in [5.74, 6) is 0.870. The van der Waals surface area contributed by atoms with E-state index in [0.29, 0.717) is 6.04 Å². The summed E-state index contributed by atoms with van der Waals surface area (Å²) >= 11 is 1.75. The predicted molar refractivity (Wildman–Crippen MR) is 71.6 cm³/mol. The second-order valence-corrected chi connectivity index (χ2v) is 5.87. The van der Waals surface area contributed by atoms with E-state index in [1.165, 1.54) is 37.0 Å². The zero-order valence-electron chi connectivity index (χ0n) is 10.0. The molecule has 1 heterocycles. The molecule has 3 heteroatoms. The number of nitrogen functional groups attached to an aromatic ring is 1. The van der Waals surface area contributed by atoms with Crippen LogP contribution in [0.3, 0.4) is 0 Å². The highest BCUT2D eigenvalue weighted by atomic mass is 32.1. The van der Waals surface area contributed by atoms with E-state index in [0.717, 1.165) is 18.2 Å². The molecule has 1 aromatic rings. The molecule has 1 atom stereocenters. The number of rotatable bonds is 4. The van der Waals surface area contributed by atoms with Gasteiger partial charge in [-0.1, -0.05) is 19.3 Å². The maximum Gasteiger partial charge on any atom is 0.0468 e. The largest absolute Gasteiger partial charge is 0.398 e. The van der Waals surface area contributed by atoms with Crippen LogP contribution in [0.2, 0.25) is 0 Å². The van der Waals surface area contributed by atoms with Gasteiger partial charge in [0, 0.05) is 23.2 Å². The van der Waals surface area contributed by atoms with Gasteiger partial charge in [0.05, 0.1) is 0 Å². The maximum atomic E-state index is 5.88. The van der Waals surface area contributed by atoms with E-state index in [1.54, 1.807) is 11.3 Å². The molecule has 0 spiro atoms. The molecular weight excluding hydrogens is 216 g/mol. The minimum atomic E-state index is 0.627. The molecule has 3 N–H and O–H groups in total. The van der Waals surface area contributed by atoms with Crippen molar-refractivity contribution in [2.75, 3.05) is 5.73 Å². The van der Waals surface area contributed by atoms with Gasteiger partial charge in [-0.25, -0.2) is 0 Å². The highest BCUT2D eigenvalue weighted by Gasteiger charge is 2.19. The van der Waals surface area contributed by atoms with Crippen molar-refractivity contribution in [1.29, 1.82) is 0 Å². The summed E-state index contributed by atoms with van der Waals surface area (Å²) in [4.78, 5) is 1.28. The fraction of sp³-hybridized carbons (Fsp3) is 0.692. The smallest absolute Gasteiger partial charge is 0.0468 e. The molecule has 90 valence electrons. The van der Waals surface area contributed by atoms with Gasteiger partial charge in [-0.05, 0) is 37.1 Å². The second-order valence-electron chi connectivity index (χ2n) is 4.87. The van der Waals surface area contributed by atoms with E-state index in [4.69, 9.17) is 5.73 Å². The number of nitrogens with two attached hydrogens (primary N) is 1. The van der Waals surface area contributed by atoms with Gasteiger partial charge in [0.2, 0.25) is 0 Å². The molecule has 0 radical (unpaired) electrons. The Morgan fingerprint density at radius 2 is 2.19 bits per heavy atom. The first kappa shape index (κ1) is 11.9. The van der Waals surface area contributed by atoms with E-state index in [-0.39, 0.29) is 0 Å². The number of nitrogens with one attached hydrogen (secondary N) is 1. The molecule has 1 aliphatic carbocycles. The first-order chi connectivity index (χ1) is 7.77. The average Bonchev–Trinajstić information content (AvgIpc) is 2.73. The van der Waals surface area contributed by atoms with E-state index in [1.807, 2.05) is 6.07 Å². The van der Waals surface area contributed by atoms with Gasteiger partial charge < -0.3 is 11.1 Å². The lowest BCUT2D eigenvalue weighted by Gasteiger charge is -2.28. The molecule has 0 amide bonds. The molecule has 1 aliphatic rings. The Morgan fingerprint density at radius 3 is 2.81 bits per heavy atom. The Bertz CT molecular complexity index is 315. The van der Waals surface area contributed by atoms with E-state index in [2.05, 4.69) is 17.6 Å². The lowest BCUT2D eigenvalue weighted by molar-refractivity contribution is 0.281. The SMILES string of the molecule is C[C@H](NCc1sccc1N)C1CCCCC1. The van der Waals surface area contributed by atoms with Crippen molar-refractivity contribution in [2.24, 2.45) is 5.92 Å². The molecule has 2 rings (SSSR count). The third kappa shape index (κ3) is 2.98. The minimum Gasteiger partial charge on any atom is -0.398 e. The molecule has 0 aliphatic heterocycles. The van der Waals surface area contributed by atoms with Gasteiger partial charge in [-0.15, -0.1) is 11.3 Å². The van der Waals surface area contributed by atoms with Crippen LogP contribution in [-0.2, 0) is 6.54 Å². The lowest BCUT2D eigenvalue weighted by atomic mass is 9.84. The van der Waals surface area contributed by atoms with Crippen LogP contribution in [0.15, 0.2) is 11.4 Å². The van der Waals surface area contributed by atoms with Gasteiger partial charge in [0.25, 0.3) is 0 Å². The summed E-state index contributed by atoms with van der Waals surface area (Å²) in [6, 6.07) is 2.62. The standard InChI is InChI=1S/C13H22N2S/c1-10(11-5-3-2-4-6-11)15-9-13-12(14)7-8-16-13/h7-8,10-11,15H,2-6,9,14H2,1H3/t10-/m0/s1. The topological polar surface area (TPSA) is 38.0 Å². The Hall–Kier alpha value is -0.540. The zero-order valence-corrected chi connectivity index (χ0v) is 10.9. The van der Waals surface area contributed by atoms with Crippen LogP contribution in [0.5, 0.6) is 0 Å². The summed E-state index contributed by atoms with van der Waals surface area (Å²) in [5.41, 5.74) is 6.81. The second kappa shape index (κ2) is 5.69. The number of anilines is 1. The highest BCUT2D eigenvalue weighted by Crippen LogP contribution is 2.27. The first-order valence-electron chi connectivity index (χ1n) is 6.32. The molecule has 0 unspecified atom stereocenters. The van der Waals surface area contributed by atoms with Gasteiger partial charge in [-0.3, -0.25) is 0 Å². The quantitative estimate of drug-likeness (QED) is 0.844. The van der Waals surface area contributed by atoms with Crippen LogP contribution in [0, 0.1) is 5.92 Å². The Labute approximate surface area is 102 Å². The van der Waals surface area contributed by atoms with E-state index in [9.17, 15) is 0 Å². The van der Waals surface area contributed by atoms with Crippen molar-refractivity contribution in [2.45, 2.75) is 51.6 Å². The molecule has 2 nitrogen and oxygen atoms in total. The average molecular weight is 238 g/mol. The molecule has 1 fully saturated rings. The van der Waals surface area contributed by atoms with Crippen molar-refractivity contribution < 1.29 is 0 Å². The van der Waals surface area contributed by atoms with Crippen LogP contribution in [-0.4, -0.2) is 6.04 Å². The summed E-state index contributed by atoms with van der Waals surface area (Å²) < 4.78 is 0. The van der Waals surface area contributed by atoms with E-state index >= 15 is 0 Å². The Balaban J connectivity index is 1.78. The minimum absolute atomic E-state index is 0.627.